The van der Waals surface area contributed by atoms with Crippen LogP contribution >= 0.6 is 24.0 Å². The molecule has 0 aliphatic heterocycles. The Kier molecular flexibility index (Phi) is 13.7. The molecule has 7 nitrogen and oxygen atoms in total. The molecule has 0 atom stereocenters. The van der Waals surface area contributed by atoms with Gasteiger partial charge in [-0.3, -0.25) is 4.99 Å². The second kappa shape index (κ2) is 14.5. The Bertz CT molecular complexity index is 631. The van der Waals surface area contributed by atoms with E-state index in [2.05, 4.69) is 33.1 Å². The maximum atomic E-state index is 12.0. The lowest BCUT2D eigenvalue weighted by atomic mass is 10.1. The molecule has 0 aliphatic rings. The SMILES string of the molecule is CN=C(NCCCCOCc1ccccc1)NCC(C)(C)NC(=O)OC(C)(C)C.I. The van der Waals surface area contributed by atoms with Gasteiger partial charge in [0.25, 0.3) is 0 Å². The number of rotatable bonds is 10. The van der Waals surface area contributed by atoms with Crippen LogP contribution < -0.4 is 16.0 Å². The predicted octanol–water partition coefficient (Wildman–Crippen LogP) is 4.07. The van der Waals surface area contributed by atoms with Gasteiger partial charge in [-0.25, -0.2) is 4.79 Å². The van der Waals surface area contributed by atoms with Crippen molar-refractivity contribution >= 4 is 36.0 Å². The highest BCUT2D eigenvalue weighted by Crippen LogP contribution is 2.09. The topological polar surface area (TPSA) is 84.0 Å². The van der Waals surface area contributed by atoms with Gasteiger partial charge in [-0.1, -0.05) is 30.3 Å². The van der Waals surface area contributed by atoms with E-state index in [-0.39, 0.29) is 24.0 Å². The van der Waals surface area contributed by atoms with E-state index < -0.39 is 17.2 Å². The lowest BCUT2D eigenvalue weighted by Crippen LogP contribution is -2.54. The molecule has 0 aliphatic carbocycles. The van der Waals surface area contributed by atoms with Crippen molar-refractivity contribution in [1.29, 1.82) is 0 Å². The molecule has 0 unspecified atom stereocenters. The summed E-state index contributed by atoms with van der Waals surface area (Å²) in [6.45, 7) is 12.1. The summed E-state index contributed by atoms with van der Waals surface area (Å²) >= 11 is 0. The van der Waals surface area contributed by atoms with Gasteiger partial charge in [-0.05, 0) is 53.0 Å². The summed E-state index contributed by atoms with van der Waals surface area (Å²) < 4.78 is 11.0. The van der Waals surface area contributed by atoms with Crippen molar-refractivity contribution in [2.45, 2.75) is 65.2 Å². The molecule has 3 N–H and O–H groups in total. The van der Waals surface area contributed by atoms with Crippen molar-refractivity contribution in [3.8, 4) is 0 Å². The van der Waals surface area contributed by atoms with Gasteiger partial charge < -0.3 is 25.4 Å². The highest BCUT2D eigenvalue weighted by molar-refractivity contribution is 14.0. The van der Waals surface area contributed by atoms with Crippen LogP contribution in [0.3, 0.4) is 0 Å². The van der Waals surface area contributed by atoms with Crippen LogP contribution in [0.5, 0.6) is 0 Å². The zero-order valence-corrected chi connectivity index (χ0v) is 21.5. The molecule has 1 amide bonds. The Labute approximate surface area is 198 Å². The van der Waals surface area contributed by atoms with Crippen molar-refractivity contribution < 1.29 is 14.3 Å². The number of guanidine groups is 1. The van der Waals surface area contributed by atoms with Crippen LogP contribution in [0, 0.1) is 0 Å². The summed E-state index contributed by atoms with van der Waals surface area (Å²) in [5.74, 6) is 0.703. The van der Waals surface area contributed by atoms with E-state index in [4.69, 9.17) is 9.47 Å². The van der Waals surface area contributed by atoms with Crippen molar-refractivity contribution in [3.05, 3.63) is 35.9 Å². The number of aliphatic imine (C=N–C) groups is 1. The first kappa shape index (κ1) is 28.5. The monoisotopic (exact) mass is 534 g/mol. The third kappa shape index (κ3) is 14.4. The van der Waals surface area contributed by atoms with Gasteiger partial charge in [0, 0.05) is 26.7 Å². The maximum absolute atomic E-state index is 12.0. The number of carbonyl (C=O) groups excluding carboxylic acids is 1. The zero-order chi connectivity index (χ0) is 21.8. The lowest BCUT2D eigenvalue weighted by molar-refractivity contribution is 0.0474. The molecule has 172 valence electrons. The number of unbranched alkanes of at least 4 members (excludes halogenated alkanes) is 1. The number of benzene rings is 1. The van der Waals surface area contributed by atoms with Crippen LogP contribution in [0.2, 0.25) is 0 Å². The van der Waals surface area contributed by atoms with Crippen molar-refractivity contribution in [2.75, 3.05) is 26.7 Å². The quantitative estimate of drug-likeness (QED) is 0.183. The van der Waals surface area contributed by atoms with Crippen LogP contribution in [0.15, 0.2) is 35.3 Å². The van der Waals surface area contributed by atoms with Gasteiger partial charge in [-0.15, -0.1) is 24.0 Å². The fourth-order valence-corrected chi connectivity index (χ4v) is 2.45. The highest BCUT2D eigenvalue weighted by Gasteiger charge is 2.24. The predicted molar refractivity (Wildman–Crippen MR) is 134 cm³/mol. The molecule has 0 heterocycles. The van der Waals surface area contributed by atoms with E-state index in [9.17, 15) is 4.79 Å². The molecular weight excluding hydrogens is 495 g/mol. The minimum absolute atomic E-state index is 0. The van der Waals surface area contributed by atoms with Gasteiger partial charge >= 0.3 is 6.09 Å². The number of hydrogen-bond acceptors (Lipinski definition) is 4. The Hall–Kier alpha value is -1.55. The van der Waals surface area contributed by atoms with Gasteiger partial charge in [-0.2, -0.15) is 0 Å². The van der Waals surface area contributed by atoms with Crippen LogP contribution in [0.25, 0.3) is 0 Å². The second-order valence-electron chi connectivity index (χ2n) is 8.61. The molecule has 1 aromatic carbocycles. The second-order valence-corrected chi connectivity index (χ2v) is 8.61. The van der Waals surface area contributed by atoms with Gasteiger partial charge in [0.15, 0.2) is 5.96 Å². The molecular formula is C22H39IN4O3. The van der Waals surface area contributed by atoms with Crippen molar-refractivity contribution in [2.24, 2.45) is 4.99 Å². The first-order valence-electron chi connectivity index (χ1n) is 10.2. The number of amides is 1. The van der Waals surface area contributed by atoms with E-state index >= 15 is 0 Å². The molecule has 0 saturated heterocycles. The smallest absolute Gasteiger partial charge is 0.408 e. The Morgan fingerprint density at radius 2 is 1.70 bits per heavy atom. The third-order valence-corrected chi connectivity index (χ3v) is 3.88. The zero-order valence-electron chi connectivity index (χ0n) is 19.2. The Morgan fingerprint density at radius 1 is 1.03 bits per heavy atom. The number of halogens is 1. The van der Waals surface area contributed by atoms with E-state index in [1.807, 2.05) is 52.8 Å². The minimum atomic E-state index is -0.518. The number of hydrogen-bond donors (Lipinski definition) is 3. The fraction of sp³-hybridized carbons (Fsp3) is 0.636. The molecule has 0 spiro atoms. The number of nitrogens with zero attached hydrogens (tertiary/aromatic N) is 1. The molecule has 0 bridgehead atoms. The first-order chi connectivity index (χ1) is 13.6. The normalized spacial score (nSPS) is 12.0. The summed E-state index contributed by atoms with van der Waals surface area (Å²) in [6.07, 6.45) is 1.53. The van der Waals surface area contributed by atoms with Crippen molar-refractivity contribution in [1.82, 2.24) is 16.0 Å². The molecule has 1 aromatic rings. The van der Waals surface area contributed by atoms with Crippen LogP contribution in [-0.4, -0.2) is 49.9 Å². The van der Waals surface area contributed by atoms with E-state index in [0.29, 0.717) is 19.1 Å². The van der Waals surface area contributed by atoms with E-state index in [1.54, 1.807) is 7.05 Å². The Morgan fingerprint density at radius 3 is 2.30 bits per heavy atom. The standard InChI is InChI=1S/C22H38N4O3.HI/c1-21(2,3)29-20(27)26-22(4,5)17-25-19(23-6)24-14-10-11-15-28-16-18-12-8-7-9-13-18;/h7-9,12-13H,10-11,14-17H2,1-6H3,(H,26,27)(H2,23,24,25);1H. The van der Waals surface area contributed by atoms with Crippen molar-refractivity contribution in [3.63, 3.8) is 0 Å². The first-order valence-corrected chi connectivity index (χ1v) is 10.2. The summed E-state index contributed by atoms with van der Waals surface area (Å²) in [4.78, 5) is 16.2. The van der Waals surface area contributed by atoms with Gasteiger partial charge in [0.1, 0.15) is 5.60 Å². The number of alkyl carbamates (subject to hydrolysis) is 1. The highest BCUT2D eigenvalue weighted by atomic mass is 127. The molecule has 0 aromatic heterocycles. The molecule has 1 rings (SSSR count). The average molecular weight is 534 g/mol. The van der Waals surface area contributed by atoms with E-state index in [0.717, 1.165) is 26.0 Å². The van der Waals surface area contributed by atoms with Gasteiger partial charge in [0.05, 0.1) is 12.1 Å². The lowest BCUT2D eigenvalue weighted by Gasteiger charge is -2.29. The Balaban J connectivity index is 0.00000841. The molecule has 0 fully saturated rings. The molecule has 8 heteroatoms. The number of nitrogens with one attached hydrogen (secondary N) is 3. The number of ether oxygens (including phenoxy) is 2. The number of carbonyl (C=O) groups is 1. The van der Waals surface area contributed by atoms with Gasteiger partial charge in [0.2, 0.25) is 0 Å². The van der Waals surface area contributed by atoms with E-state index in [1.165, 1.54) is 5.56 Å². The van der Waals surface area contributed by atoms with Crippen LogP contribution in [0.4, 0.5) is 4.79 Å². The largest absolute Gasteiger partial charge is 0.444 e. The average Bonchev–Trinajstić information content (AvgIpc) is 2.62. The maximum Gasteiger partial charge on any atom is 0.408 e. The summed E-state index contributed by atoms with van der Waals surface area (Å²) in [5, 5.41) is 9.39. The minimum Gasteiger partial charge on any atom is -0.444 e. The summed E-state index contributed by atoms with van der Waals surface area (Å²) in [7, 11) is 1.73. The fourth-order valence-electron chi connectivity index (χ4n) is 2.45. The third-order valence-electron chi connectivity index (χ3n) is 3.88. The molecule has 0 radical (unpaired) electrons. The van der Waals surface area contributed by atoms with Crippen LogP contribution in [-0.2, 0) is 16.1 Å². The molecule has 30 heavy (non-hydrogen) atoms. The summed E-state index contributed by atoms with van der Waals surface area (Å²) in [6, 6.07) is 10.2. The summed E-state index contributed by atoms with van der Waals surface area (Å²) in [5.41, 5.74) is 0.194. The molecule has 0 saturated carbocycles. The van der Waals surface area contributed by atoms with Crippen LogP contribution in [0.1, 0.15) is 53.0 Å².